The van der Waals surface area contributed by atoms with Crippen LogP contribution in [0.3, 0.4) is 0 Å². The van der Waals surface area contributed by atoms with Crippen LogP contribution in [0.1, 0.15) is 43.9 Å². The Bertz CT molecular complexity index is 962. The number of fused-ring (bicyclic) bond motifs is 1. The molecular weight excluding hydrogens is 362 g/mol. The molecule has 3 atom stereocenters. The lowest BCUT2D eigenvalue weighted by atomic mass is 9.99. The molecular formula is C21H27NO6. The molecule has 28 heavy (non-hydrogen) atoms. The summed E-state index contributed by atoms with van der Waals surface area (Å²) in [5.41, 5.74) is 2.01. The fourth-order valence-electron chi connectivity index (χ4n) is 2.95. The Morgan fingerprint density at radius 3 is 2.36 bits per heavy atom. The summed E-state index contributed by atoms with van der Waals surface area (Å²) in [6.07, 6.45) is -0.297. The molecule has 1 aromatic heterocycles. The summed E-state index contributed by atoms with van der Waals surface area (Å²) in [5.74, 6) is -1.41. The van der Waals surface area contributed by atoms with Gasteiger partial charge in [-0.15, -0.1) is 0 Å². The third-order valence-electron chi connectivity index (χ3n) is 5.27. The molecule has 0 saturated carbocycles. The Kier molecular flexibility index (Phi) is 6.48. The highest BCUT2D eigenvalue weighted by atomic mass is 16.5. The van der Waals surface area contributed by atoms with Crippen molar-refractivity contribution in [3.05, 3.63) is 39.2 Å². The smallest absolute Gasteiger partial charge is 0.339 e. The molecule has 1 aromatic carbocycles. The molecule has 0 bridgehead atoms. The van der Waals surface area contributed by atoms with E-state index >= 15 is 0 Å². The minimum Gasteiger partial charge on any atom is -0.480 e. The van der Waals surface area contributed by atoms with Gasteiger partial charge in [-0.25, -0.2) is 9.59 Å². The summed E-state index contributed by atoms with van der Waals surface area (Å²) in [6, 6.07) is 2.52. The first-order valence-electron chi connectivity index (χ1n) is 9.31. The van der Waals surface area contributed by atoms with Gasteiger partial charge in [-0.05, 0) is 51.3 Å². The van der Waals surface area contributed by atoms with E-state index in [1.165, 1.54) is 0 Å². The molecule has 0 unspecified atom stereocenters. The van der Waals surface area contributed by atoms with Crippen LogP contribution in [0.25, 0.3) is 11.0 Å². The molecule has 0 radical (unpaired) electrons. The fourth-order valence-corrected chi connectivity index (χ4v) is 2.95. The Balaban J connectivity index is 2.27. The van der Waals surface area contributed by atoms with E-state index in [0.717, 1.165) is 10.9 Å². The van der Waals surface area contributed by atoms with Crippen molar-refractivity contribution in [2.24, 2.45) is 5.92 Å². The summed E-state index contributed by atoms with van der Waals surface area (Å²) >= 11 is 0. The SMILES string of the molecule is CC[C@H](C)[C@H](NC(=O)[C@H](C)Oc1ccc2c(C)c(C)c(=O)oc2c1C)C(=O)O. The van der Waals surface area contributed by atoms with Gasteiger partial charge in [0.2, 0.25) is 0 Å². The zero-order valence-corrected chi connectivity index (χ0v) is 17.1. The van der Waals surface area contributed by atoms with Crippen LogP contribution in [0.4, 0.5) is 0 Å². The number of aryl methyl sites for hydroxylation is 2. The van der Waals surface area contributed by atoms with E-state index in [2.05, 4.69) is 5.32 Å². The van der Waals surface area contributed by atoms with Gasteiger partial charge in [0, 0.05) is 16.5 Å². The number of benzene rings is 1. The average Bonchev–Trinajstić information content (AvgIpc) is 2.65. The fraction of sp³-hybridized carbons (Fsp3) is 0.476. The van der Waals surface area contributed by atoms with Crippen molar-refractivity contribution in [2.75, 3.05) is 0 Å². The van der Waals surface area contributed by atoms with E-state index in [1.54, 1.807) is 39.8 Å². The minimum absolute atomic E-state index is 0.212. The Morgan fingerprint density at radius 1 is 1.14 bits per heavy atom. The molecule has 7 nitrogen and oxygen atoms in total. The van der Waals surface area contributed by atoms with Crippen molar-refractivity contribution in [1.82, 2.24) is 5.32 Å². The lowest BCUT2D eigenvalue weighted by Gasteiger charge is -2.23. The topological polar surface area (TPSA) is 106 Å². The number of rotatable bonds is 7. The average molecular weight is 389 g/mol. The maximum Gasteiger partial charge on any atom is 0.339 e. The molecule has 0 aliphatic rings. The number of ether oxygens (including phenoxy) is 1. The summed E-state index contributed by atoms with van der Waals surface area (Å²) < 4.78 is 11.2. The molecule has 2 rings (SSSR count). The van der Waals surface area contributed by atoms with Gasteiger partial charge in [0.05, 0.1) is 0 Å². The summed E-state index contributed by atoms with van der Waals surface area (Å²) in [7, 11) is 0. The molecule has 0 aliphatic carbocycles. The second-order valence-corrected chi connectivity index (χ2v) is 7.18. The molecule has 2 N–H and O–H groups in total. The predicted octanol–water partition coefficient (Wildman–Crippen LogP) is 3.10. The maximum atomic E-state index is 12.4. The number of carbonyl (C=O) groups is 2. The number of carboxylic acids is 1. The van der Waals surface area contributed by atoms with E-state index in [4.69, 9.17) is 9.15 Å². The van der Waals surface area contributed by atoms with Gasteiger partial charge in [-0.1, -0.05) is 20.3 Å². The largest absolute Gasteiger partial charge is 0.480 e. The van der Waals surface area contributed by atoms with Crippen molar-refractivity contribution < 1.29 is 23.8 Å². The van der Waals surface area contributed by atoms with Gasteiger partial charge in [0.15, 0.2) is 6.10 Å². The molecule has 2 aromatic rings. The first-order chi connectivity index (χ1) is 13.1. The number of nitrogens with one attached hydrogen (secondary N) is 1. The number of hydrogen-bond donors (Lipinski definition) is 2. The van der Waals surface area contributed by atoms with Gasteiger partial charge >= 0.3 is 11.6 Å². The second kappa shape index (κ2) is 8.46. The van der Waals surface area contributed by atoms with Crippen LogP contribution in [0, 0.1) is 26.7 Å². The van der Waals surface area contributed by atoms with Crippen molar-refractivity contribution in [3.63, 3.8) is 0 Å². The molecule has 7 heteroatoms. The van der Waals surface area contributed by atoms with E-state index in [-0.39, 0.29) is 5.92 Å². The quantitative estimate of drug-likeness (QED) is 0.705. The van der Waals surface area contributed by atoms with Gasteiger partial charge < -0.3 is 19.6 Å². The molecule has 0 aliphatic heterocycles. The van der Waals surface area contributed by atoms with E-state index in [1.807, 2.05) is 13.8 Å². The first-order valence-corrected chi connectivity index (χ1v) is 9.31. The number of hydrogen-bond acceptors (Lipinski definition) is 5. The lowest BCUT2D eigenvalue weighted by Crippen LogP contribution is -2.49. The third kappa shape index (κ3) is 4.18. The van der Waals surface area contributed by atoms with E-state index in [0.29, 0.717) is 28.9 Å². The molecule has 0 spiro atoms. The van der Waals surface area contributed by atoms with Crippen LogP contribution < -0.4 is 15.7 Å². The normalized spacial score (nSPS) is 14.4. The van der Waals surface area contributed by atoms with E-state index < -0.39 is 29.6 Å². The second-order valence-electron chi connectivity index (χ2n) is 7.18. The molecule has 152 valence electrons. The summed E-state index contributed by atoms with van der Waals surface area (Å²) in [5, 5.41) is 12.7. The number of carbonyl (C=O) groups excluding carboxylic acids is 1. The zero-order chi connectivity index (χ0) is 21.2. The van der Waals surface area contributed by atoms with Crippen LogP contribution in [0.5, 0.6) is 5.75 Å². The minimum atomic E-state index is -1.08. The van der Waals surface area contributed by atoms with Crippen LogP contribution in [-0.2, 0) is 9.59 Å². The number of amides is 1. The third-order valence-corrected chi connectivity index (χ3v) is 5.27. The number of aliphatic carboxylic acids is 1. The highest BCUT2D eigenvalue weighted by Gasteiger charge is 2.28. The molecule has 0 fully saturated rings. The Hall–Kier alpha value is -2.83. The highest BCUT2D eigenvalue weighted by molar-refractivity contribution is 5.87. The summed E-state index contributed by atoms with van der Waals surface area (Å²) in [4.78, 5) is 35.8. The van der Waals surface area contributed by atoms with Gasteiger partial charge in [0.25, 0.3) is 5.91 Å². The van der Waals surface area contributed by atoms with E-state index in [9.17, 15) is 19.5 Å². The van der Waals surface area contributed by atoms with Crippen molar-refractivity contribution in [3.8, 4) is 5.75 Å². The standard InChI is InChI=1S/C21H27NO6/c1-7-10(2)17(20(24)25)22-19(23)14(6)27-16-9-8-15-11(3)12(4)21(26)28-18(15)13(16)5/h8-10,14,17H,7H2,1-6H3,(H,22,23)(H,24,25)/t10-,14-,17-/m0/s1. The van der Waals surface area contributed by atoms with Gasteiger partial charge in [-0.3, -0.25) is 4.79 Å². The lowest BCUT2D eigenvalue weighted by molar-refractivity contribution is -0.144. The number of carboxylic acid groups (broad SMARTS) is 1. The highest BCUT2D eigenvalue weighted by Crippen LogP contribution is 2.29. The van der Waals surface area contributed by atoms with Crippen molar-refractivity contribution in [1.29, 1.82) is 0 Å². The van der Waals surface area contributed by atoms with Crippen LogP contribution in [0.15, 0.2) is 21.3 Å². The van der Waals surface area contributed by atoms with Crippen LogP contribution >= 0.6 is 0 Å². The monoisotopic (exact) mass is 389 g/mol. The Morgan fingerprint density at radius 2 is 1.79 bits per heavy atom. The van der Waals surface area contributed by atoms with Crippen LogP contribution in [-0.4, -0.2) is 29.1 Å². The maximum absolute atomic E-state index is 12.4. The first kappa shape index (κ1) is 21.5. The Labute approximate surface area is 163 Å². The zero-order valence-electron chi connectivity index (χ0n) is 17.1. The molecule has 0 saturated heterocycles. The van der Waals surface area contributed by atoms with Crippen LogP contribution in [0.2, 0.25) is 0 Å². The predicted molar refractivity (Wildman–Crippen MR) is 106 cm³/mol. The molecule has 1 amide bonds. The van der Waals surface area contributed by atoms with Crippen molar-refractivity contribution in [2.45, 2.75) is 60.1 Å². The van der Waals surface area contributed by atoms with Gasteiger partial charge in [-0.2, -0.15) is 0 Å². The molecule has 1 heterocycles. The van der Waals surface area contributed by atoms with Gasteiger partial charge in [0.1, 0.15) is 17.4 Å². The summed E-state index contributed by atoms with van der Waals surface area (Å²) in [6.45, 7) is 10.5. The van der Waals surface area contributed by atoms with Crippen molar-refractivity contribution >= 4 is 22.8 Å².